The molecule has 0 saturated heterocycles. The van der Waals surface area contributed by atoms with E-state index in [4.69, 9.17) is 0 Å². The van der Waals surface area contributed by atoms with Crippen LogP contribution in [0.2, 0.25) is 0 Å². The Bertz CT molecular complexity index is 125. The van der Waals surface area contributed by atoms with Crippen LogP contribution in [0, 0.1) is 5.92 Å². The van der Waals surface area contributed by atoms with Crippen molar-refractivity contribution in [1.29, 1.82) is 0 Å². The lowest BCUT2D eigenvalue weighted by molar-refractivity contribution is 0.0590. The Hall–Kier alpha value is -0.0800. The van der Waals surface area contributed by atoms with Crippen LogP contribution < -0.4 is 0 Å². The van der Waals surface area contributed by atoms with Crippen LogP contribution in [-0.2, 0) is 0 Å². The second kappa shape index (κ2) is 6.39. The van der Waals surface area contributed by atoms with Gasteiger partial charge in [0.15, 0.2) is 0 Å². The van der Waals surface area contributed by atoms with E-state index in [1.165, 1.54) is 0 Å². The summed E-state index contributed by atoms with van der Waals surface area (Å²) in [4.78, 5) is 2.30. The van der Waals surface area contributed by atoms with Gasteiger partial charge in [0.05, 0.1) is 6.10 Å². The third-order valence-corrected chi connectivity index (χ3v) is 2.86. The average molecular weight is 187 g/mol. The molecule has 0 aliphatic carbocycles. The molecule has 2 heteroatoms. The minimum atomic E-state index is -0.174. The second-order valence-electron chi connectivity index (χ2n) is 4.13. The monoisotopic (exact) mass is 187 g/mol. The molecule has 0 amide bonds. The first-order valence-electron chi connectivity index (χ1n) is 5.44. The Kier molecular flexibility index (Phi) is 6.35. The van der Waals surface area contributed by atoms with Crippen molar-refractivity contribution < 1.29 is 5.11 Å². The average Bonchev–Trinajstić information content (AvgIpc) is 2.11. The Morgan fingerprint density at radius 2 is 1.69 bits per heavy atom. The van der Waals surface area contributed by atoms with E-state index in [2.05, 4.69) is 39.5 Å². The molecule has 0 aromatic rings. The zero-order chi connectivity index (χ0) is 10.4. The van der Waals surface area contributed by atoms with Crippen LogP contribution in [-0.4, -0.2) is 35.2 Å². The molecule has 2 nitrogen and oxygen atoms in total. The van der Waals surface area contributed by atoms with Crippen molar-refractivity contribution in [2.75, 3.05) is 13.1 Å². The highest BCUT2D eigenvalue weighted by atomic mass is 16.3. The van der Waals surface area contributed by atoms with Gasteiger partial charge in [0.25, 0.3) is 0 Å². The number of likely N-dealkylation sites (N-methyl/N-ethyl adjacent to an activating group) is 1. The fourth-order valence-electron chi connectivity index (χ4n) is 1.40. The molecule has 0 saturated carbocycles. The van der Waals surface area contributed by atoms with Gasteiger partial charge >= 0.3 is 0 Å². The minimum Gasteiger partial charge on any atom is -0.392 e. The molecule has 0 fully saturated rings. The van der Waals surface area contributed by atoms with Gasteiger partial charge < -0.3 is 5.11 Å². The van der Waals surface area contributed by atoms with Gasteiger partial charge in [-0.3, -0.25) is 4.90 Å². The van der Waals surface area contributed by atoms with Crippen LogP contribution in [0.15, 0.2) is 0 Å². The summed E-state index contributed by atoms with van der Waals surface area (Å²) < 4.78 is 0. The van der Waals surface area contributed by atoms with E-state index in [0.717, 1.165) is 19.5 Å². The van der Waals surface area contributed by atoms with Crippen molar-refractivity contribution in [3.05, 3.63) is 0 Å². The van der Waals surface area contributed by atoms with Gasteiger partial charge in [-0.15, -0.1) is 0 Å². The van der Waals surface area contributed by atoms with E-state index in [1.807, 2.05) is 0 Å². The second-order valence-corrected chi connectivity index (χ2v) is 4.13. The van der Waals surface area contributed by atoms with Gasteiger partial charge in [-0.05, 0) is 26.3 Å². The molecule has 13 heavy (non-hydrogen) atoms. The first kappa shape index (κ1) is 12.9. The molecule has 0 bridgehead atoms. The highest BCUT2D eigenvalue weighted by Crippen LogP contribution is 2.10. The van der Waals surface area contributed by atoms with Crippen LogP contribution in [0.1, 0.15) is 41.0 Å². The van der Waals surface area contributed by atoms with E-state index in [1.54, 1.807) is 0 Å². The van der Waals surface area contributed by atoms with Crippen molar-refractivity contribution >= 4 is 0 Å². The summed E-state index contributed by atoms with van der Waals surface area (Å²) >= 11 is 0. The third-order valence-electron chi connectivity index (χ3n) is 2.86. The lowest BCUT2D eigenvalue weighted by atomic mass is 10.0. The number of aliphatic hydroxyl groups is 1. The summed E-state index contributed by atoms with van der Waals surface area (Å²) in [7, 11) is 0. The van der Waals surface area contributed by atoms with E-state index in [-0.39, 0.29) is 6.10 Å². The van der Waals surface area contributed by atoms with Crippen LogP contribution in [0.3, 0.4) is 0 Å². The van der Waals surface area contributed by atoms with Gasteiger partial charge in [0, 0.05) is 12.6 Å². The van der Waals surface area contributed by atoms with Crippen molar-refractivity contribution in [2.24, 2.45) is 5.92 Å². The Morgan fingerprint density at radius 1 is 1.15 bits per heavy atom. The van der Waals surface area contributed by atoms with Gasteiger partial charge in [-0.1, -0.05) is 27.2 Å². The Balaban J connectivity index is 3.93. The standard InChI is InChI=1S/C11H25NO/c1-6-10(5)11(13)8-12(7-2)9(3)4/h9-11,13H,6-8H2,1-5H3. The van der Waals surface area contributed by atoms with Crippen molar-refractivity contribution in [1.82, 2.24) is 4.90 Å². The molecule has 0 aromatic heterocycles. The molecule has 2 unspecified atom stereocenters. The zero-order valence-electron chi connectivity index (χ0n) is 9.75. The molecule has 0 aliphatic rings. The first-order valence-corrected chi connectivity index (χ1v) is 5.44. The lowest BCUT2D eigenvalue weighted by Gasteiger charge is -2.29. The Labute approximate surface area is 82.9 Å². The van der Waals surface area contributed by atoms with Crippen LogP contribution in [0.4, 0.5) is 0 Å². The molecular weight excluding hydrogens is 162 g/mol. The number of rotatable bonds is 6. The summed E-state index contributed by atoms with van der Waals surface area (Å²) in [5.41, 5.74) is 0. The fourth-order valence-corrected chi connectivity index (χ4v) is 1.40. The molecule has 0 radical (unpaired) electrons. The van der Waals surface area contributed by atoms with Gasteiger partial charge in [0.1, 0.15) is 0 Å². The lowest BCUT2D eigenvalue weighted by Crippen LogP contribution is -2.39. The van der Waals surface area contributed by atoms with Crippen molar-refractivity contribution in [3.63, 3.8) is 0 Å². The topological polar surface area (TPSA) is 23.5 Å². The zero-order valence-corrected chi connectivity index (χ0v) is 9.75. The maximum absolute atomic E-state index is 9.83. The van der Waals surface area contributed by atoms with Gasteiger partial charge in [-0.2, -0.15) is 0 Å². The maximum Gasteiger partial charge on any atom is 0.0692 e. The van der Waals surface area contributed by atoms with E-state index in [0.29, 0.717) is 12.0 Å². The summed E-state index contributed by atoms with van der Waals surface area (Å²) in [6, 6.07) is 0.531. The number of hydrogen-bond acceptors (Lipinski definition) is 2. The molecule has 1 N–H and O–H groups in total. The van der Waals surface area contributed by atoms with E-state index < -0.39 is 0 Å². The molecule has 0 rings (SSSR count). The third kappa shape index (κ3) is 4.63. The molecule has 2 atom stereocenters. The predicted octanol–water partition coefficient (Wildman–Crippen LogP) is 2.12. The van der Waals surface area contributed by atoms with Crippen LogP contribution in [0.25, 0.3) is 0 Å². The van der Waals surface area contributed by atoms with Gasteiger partial charge in [0.2, 0.25) is 0 Å². The first-order chi connectivity index (χ1) is 6.02. The predicted molar refractivity (Wildman–Crippen MR) is 57.8 cm³/mol. The van der Waals surface area contributed by atoms with Crippen molar-refractivity contribution in [2.45, 2.75) is 53.2 Å². The molecule has 0 spiro atoms. The molecular formula is C11H25NO. The molecule has 0 aromatic carbocycles. The minimum absolute atomic E-state index is 0.174. The van der Waals surface area contributed by atoms with Gasteiger partial charge in [-0.25, -0.2) is 0 Å². The highest BCUT2D eigenvalue weighted by molar-refractivity contribution is 4.70. The SMILES string of the molecule is CCC(C)C(O)CN(CC)C(C)C. The number of aliphatic hydroxyl groups excluding tert-OH is 1. The molecule has 0 aliphatic heterocycles. The summed E-state index contributed by atoms with van der Waals surface area (Å²) in [5.74, 6) is 0.410. The molecule has 0 heterocycles. The summed E-state index contributed by atoms with van der Waals surface area (Å²) in [5, 5.41) is 9.83. The normalized spacial score (nSPS) is 16.6. The maximum atomic E-state index is 9.83. The number of hydrogen-bond donors (Lipinski definition) is 1. The Morgan fingerprint density at radius 3 is 2.00 bits per heavy atom. The van der Waals surface area contributed by atoms with Crippen LogP contribution >= 0.6 is 0 Å². The fraction of sp³-hybridized carbons (Fsp3) is 1.00. The summed E-state index contributed by atoms with van der Waals surface area (Å²) in [6.45, 7) is 12.6. The van der Waals surface area contributed by atoms with Crippen LogP contribution in [0.5, 0.6) is 0 Å². The van der Waals surface area contributed by atoms with Crippen molar-refractivity contribution in [3.8, 4) is 0 Å². The largest absolute Gasteiger partial charge is 0.392 e. The molecule has 80 valence electrons. The highest BCUT2D eigenvalue weighted by Gasteiger charge is 2.17. The quantitative estimate of drug-likeness (QED) is 0.688. The smallest absolute Gasteiger partial charge is 0.0692 e. The number of nitrogens with zero attached hydrogens (tertiary/aromatic N) is 1. The summed E-state index contributed by atoms with van der Waals surface area (Å²) in [6.07, 6.45) is 0.879. The van der Waals surface area contributed by atoms with E-state index >= 15 is 0 Å². The van der Waals surface area contributed by atoms with E-state index in [9.17, 15) is 5.11 Å².